The van der Waals surface area contributed by atoms with Crippen LogP contribution in [0.5, 0.6) is 0 Å². The van der Waals surface area contributed by atoms with E-state index in [4.69, 9.17) is 11.6 Å². The van der Waals surface area contributed by atoms with Gasteiger partial charge in [0, 0.05) is 11.9 Å². The van der Waals surface area contributed by atoms with Crippen LogP contribution in [0.3, 0.4) is 0 Å². The van der Waals surface area contributed by atoms with Crippen LogP contribution < -0.4 is 5.32 Å². The molecule has 0 bridgehead atoms. The summed E-state index contributed by atoms with van der Waals surface area (Å²) >= 11 is 5.76. The molecule has 0 aliphatic heterocycles. The van der Waals surface area contributed by atoms with E-state index in [1.165, 1.54) is 5.56 Å². The van der Waals surface area contributed by atoms with E-state index in [-0.39, 0.29) is 0 Å². The number of nitrogens with one attached hydrogen (secondary N) is 1. The zero-order valence-electron chi connectivity index (χ0n) is 7.26. The number of likely N-dealkylation sites (N-methyl/N-ethyl adjacent to an activating group) is 1. The van der Waals surface area contributed by atoms with Crippen molar-refractivity contribution in [1.82, 2.24) is 5.32 Å². The second-order valence-electron chi connectivity index (χ2n) is 2.83. The molecule has 0 aromatic heterocycles. The summed E-state index contributed by atoms with van der Waals surface area (Å²) in [6.07, 6.45) is 1.00. The first-order valence-electron chi connectivity index (χ1n) is 4.14. The Kier molecular flexibility index (Phi) is 4.12. The quantitative estimate of drug-likeness (QED) is 0.705. The maximum absolute atomic E-state index is 5.76. The second kappa shape index (κ2) is 5.18. The molecular formula is C10H14ClN. The van der Waals surface area contributed by atoms with E-state index >= 15 is 0 Å². The molecule has 66 valence electrons. The summed E-state index contributed by atoms with van der Waals surface area (Å²) in [5, 5.41) is 3.17. The molecule has 0 heterocycles. The summed E-state index contributed by atoms with van der Waals surface area (Å²) < 4.78 is 0. The Bertz CT molecular complexity index is 206. The van der Waals surface area contributed by atoms with Crippen molar-refractivity contribution in [3.8, 4) is 0 Å². The average Bonchev–Trinajstić information content (AvgIpc) is 2.16. The van der Waals surface area contributed by atoms with Gasteiger partial charge in [-0.1, -0.05) is 30.3 Å². The van der Waals surface area contributed by atoms with Gasteiger partial charge in [-0.25, -0.2) is 0 Å². The fourth-order valence-corrected chi connectivity index (χ4v) is 1.40. The molecule has 0 spiro atoms. The monoisotopic (exact) mass is 183 g/mol. The van der Waals surface area contributed by atoms with Crippen molar-refractivity contribution in [2.45, 2.75) is 12.5 Å². The Balaban J connectivity index is 2.51. The van der Waals surface area contributed by atoms with E-state index in [2.05, 4.69) is 29.6 Å². The van der Waals surface area contributed by atoms with Gasteiger partial charge in [-0.05, 0) is 19.0 Å². The lowest BCUT2D eigenvalue weighted by Gasteiger charge is -2.11. The summed E-state index contributed by atoms with van der Waals surface area (Å²) in [7, 11) is 1.94. The first kappa shape index (κ1) is 9.56. The first-order valence-corrected chi connectivity index (χ1v) is 4.67. The zero-order chi connectivity index (χ0) is 8.81. The van der Waals surface area contributed by atoms with E-state index in [9.17, 15) is 0 Å². The van der Waals surface area contributed by atoms with Crippen molar-refractivity contribution in [2.75, 3.05) is 12.9 Å². The minimum atomic E-state index is 0.383. The molecule has 1 nitrogen and oxygen atoms in total. The topological polar surface area (TPSA) is 12.0 Å². The molecule has 1 N–H and O–H groups in total. The summed E-state index contributed by atoms with van der Waals surface area (Å²) in [6, 6.07) is 10.8. The third kappa shape index (κ3) is 2.84. The Labute approximate surface area is 78.7 Å². The minimum Gasteiger partial charge on any atom is -0.315 e. The standard InChI is InChI=1S/C10H14ClN/c1-12-10(8-11)7-9-5-3-2-4-6-9/h2-6,10,12H,7-8H2,1H3/t10-/m0/s1. The molecule has 0 saturated carbocycles. The van der Waals surface area contributed by atoms with Gasteiger partial charge in [0.05, 0.1) is 0 Å². The number of halogens is 1. The van der Waals surface area contributed by atoms with Gasteiger partial charge < -0.3 is 5.32 Å². The fraction of sp³-hybridized carbons (Fsp3) is 0.400. The maximum Gasteiger partial charge on any atom is 0.0380 e. The van der Waals surface area contributed by atoms with Gasteiger partial charge in [-0.3, -0.25) is 0 Å². The SMILES string of the molecule is CN[C@H](CCl)Cc1ccccc1. The lowest BCUT2D eigenvalue weighted by molar-refractivity contribution is 0.614. The molecule has 0 fully saturated rings. The van der Waals surface area contributed by atoms with E-state index in [0.29, 0.717) is 11.9 Å². The van der Waals surface area contributed by atoms with Gasteiger partial charge in [0.15, 0.2) is 0 Å². The molecule has 0 aliphatic carbocycles. The van der Waals surface area contributed by atoms with Crippen molar-refractivity contribution in [2.24, 2.45) is 0 Å². The van der Waals surface area contributed by atoms with Crippen LogP contribution in [-0.4, -0.2) is 19.0 Å². The van der Waals surface area contributed by atoms with E-state index < -0.39 is 0 Å². The van der Waals surface area contributed by atoms with Crippen LogP contribution >= 0.6 is 11.6 Å². The highest BCUT2D eigenvalue weighted by atomic mass is 35.5. The smallest absolute Gasteiger partial charge is 0.0380 e. The molecule has 1 atom stereocenters. The van der Waals surface area contributed by atoms with Crippen LogP contribution in [0.4, 0.5) is 0 Å². The second-order valence-corrected chi connectivity index (χ2v) is 3.14. The van der Waals surface area contributed by atoms with Gasteiger partial charge in [0.2, 0.25) is 0 Å². The highest BCUT2D eigenvalue weighted by Crippen LogP contribution is 2.03. The summed E-state index contributed by atoms with van der Waals surface area (Å²) in [4.78, 5) is 0. The van der Waals surface area contributed by atoms with Crippen molar-refractivity contribution in [1.29, 1.82) is 0 Å². The molecule has 0 amide bonds. The number of hydrogen-bond donors (Lipinski definition) is 1. The van der Waals surface area contributed by atoms with Crippen molar-refractivity contribution in [3.05, 3.63) is 35.9 Å². The van der Waals surface area contributed by atoms with Crippen molar-refractivity contribution in [3.63, 3.8) is 0 Å². The van der Waals surface area contributed by atoms with Crippen LogP contribution in [0.1, 0.15) is 5.56 Å². The first-order chi connectivity index (χ1) is 5.86. The molecule has 0 saturated heterocycles. The van der Waals surface area contributed by atoms with Gasteiger partial charge in [0.25, 0.3) is 0 Å². The fourth-order valence-electron chi connectivity index (χ4n) is 1.13. The summed E-state index contributed by atoms with van der Waals surface area (Å²) in [6.45, 7) is 0. The van der Waals surface area contributed by atoms with Gasteiger partial charge in [0.1, 0.15) is 0 Å². The van der Waals surface area contributed by atoms with Gasteiger partial charge >= 0.3 is 0 Å². The third-order valence-electron chi connectivity index (χ3n) is 1.92. The minimum absolute atomic E-state index is 0.383. The summed E-state index contributed by atoms with van der Waals surface area (Å²) in [5.41, 5.74) is 1.33. The predicted molar refractivity (Wildman–Crippen MR) is 53.7 cm³/mol. The highest BCUT2D eigenvalue weighted by Gasteiger charge is 2.03. The molecule has 0 aliphatic rings. The molecule has 2 heteroatoms. The Morgan fingerprint density at radius 3 is 2.50 bits per heavy atom. The number of hydrogen-bond acceptors (Lipinski definition) is 1. The number of rotatable bonds is 4. The predicted octanol–water partition coefficient (Wildman–Crippen LogP) is 2.06. The highest BCUT2D eigenvalue weighted by molar-refractivity contribution is 6.18. The molecule has 1 rings (SSSR count). The van der Waals surface area contributed by atoms with Crippen molar-refractivity contribution < 1.29 is 0 Å². The number of alkyl halides is 1. The molecule has 0 radical (unpaired) electrons. The van der Waals surface area contributed by atoms with Crippen LogP contribution in [0.25, 0.3) is 0 Å². The lowest BCUT2D eigenvalue weighted by Crippen LogP contribution is -2.29. The van der Waals surface area contributed by atoms with Crippen molar-refractivity contribution >= 4 is 11.6 Å². The molecule has 12 heavy (non-hydrogen) atoms. The molecule has 1 aromatic rings. The Morgan fingerprint density at radius 1 is 1.33 bits per heavy atom. The lowest BCUT2D eigenvalue weighted by atomic mass is 10.1. The van der Waals surface area contributed by atoms with Crippen LogP contribution in [0.2, 0.25) is 0 Å². The van der Waals surface area contributed by atoms with E-state index in [0.717, 1.165) is 6.42 Å². The maximum atomic E-state index is 5.76. The normalized spacial score (nSPS) is 12.8. The van der Waals surface area contributed by atoms with Gasteiger partial charge in [-0.2, -0.15) is 0 Å². The van der Waals surface area contributed by atoms with E-state index in [1.54, 1.807) is 0 Å². The molecule has 0 unspecified atom stereocenters. The van der Waals surface area contributed by atoms with Crippen LogP contribution in [0, 0.1) is 0 Å². The average molecular weight is 184 g/mol. The largest absolute Gasteiger partial charge is 0.315 e. The Hall–Kier alpha value is -0.530. The van der Waals surface area contributed by atoms with Crippen LogP contribution in [0.15, 0.2) is 30.3 Å². The van der Waals surface area contributed by atoms with Crippen LogP contribution in [-0.2, 0) is 6.42 Å². The zero-order valence-corrected chi connectivity index (χ0v) is 8.01. The Morgan fingerprint density at radius 2 is 2.00 bits per heavy atom. The van der Waals surface area contributed by atoms with Gasteiger partial charge in [-0.15, -0.1) is 11.6 Å². The number of benzene rings is 1. The third-order valence-corrected chi connectivity index (χ3v) is 2.29. The van der Waals surface area contributed by atoms with E-state index in [1.807, 2.05) is 13.1 Å². The molecule has 1 aromatic carbocycles. The summed E-state index contributed by atoms with van der Waals surface area (Å²) in [5.74, 6) is 0.658. The molecular weight excluding hydrogens is 170 g/mol.